The van der Waals surface area contributed by atoms with Gasteiger partial charge in [-0.15, -0.1) is 10.2 Å². The van der Waals surface area contributed by atoms with Crippen LogP contribution >= 0.6 is 0 Å². The number of rotatable bonds is 6. The summed E-state index contributed by atoms with van der Waals surface area (Å²) in [5.41, 5.74) is 2.62. The molecule has 0 spiro atoms. The smallest absolute Gasteiger partial charge is 0.228 e. The van der Waals surface area contributed by atoms with Gasteiger partial charge < -0.3 is 5.32 Å². The van der Waals surface area contributed by atoms with Crippen LogP contribution in [0.4, 0.5) is 11.8 Å². The van der Waals surface area contributed by atoms with Gasteiger partial charge in [0.2, 0.25) is 5.95 Å². The highest BCUT2D eigenvalue weighted by Gasteiger charge is 2.10. The number of anilines is 2. The fraction of sp³-hybridized carbons (Fsp3) is 0.316. The maximum absolute atomic E-state index is 4.61. The van der Waals surface area contributed by atoms with Crippen molar-refractivity contribution in [3.63, 3.8) is 0 Å². The molecule has 0 aliphatic rings. The minimum atomic E-state index is 0.523. The summed E-state index contributed by atoms with van der Waals surface area (Å²) in [4.78, 5) is 8.90. The molecule has 8 nitrogen and oxygen atoms in total. The van der Waals surface area contributed by atoms with E-state index in [1.807, 2.05) is 41.9 Å². The molecule has 27 heavy (non-hydrogen) atoms. The molecule has 0 bridgehead atoms. The number of fused-ring (bicyclic) bond motifs is 1. The van der Waals surface area contributed by atoms with Gasteiger partial charge in [0.1, 0.15) is 11.6 Å². The van der Waals surface area contributed by atoms with Gasteiger partial charge in [0, 0.05) is 37.5 Å². The molecule has 8 heteroatoms. The van der Waals surface area contributed by atoms with Crippen LogP contribution < -0.4 is 5.32 Å². The van der Waals surface area contributed by atoms with Crippen molar-refractivity contribution >= 4 is 17.4 Å². The van der Waals surface area contributed by atoms with E-state index in [0.29, 0.717) is 11.9 Å². The quantitative estimate of drug-likeness (QED) is 0.567. The molecule has 0 atom stereocenters. The maximum Gasteiger partial charge on any atom is 0.228 e. The zero-order valence-corrected chi connectivity index (χ0v) is 15.7. The molecule has 0 amide bonds. The summed E-state index contributed by atoms with van der Waals surface area (Å²) in [6, 6.07) is 7.79. The molecule has 0 radical (unpaired) electrons. The maximum atomic E-state index is 4.61. The Labute approximate surface area is 157 Å². The van der Waals surface area contributed by atoms with E-state index >= 15 is 0 Å². The molecule has 1 N–H and O–H groups in total. The predicted molar refractivity (Wildman–Crippen MR) is 104 cm³/mol. The first-order valence-electron chi connectivity index (χ1n) is 9.02. The molecule has 0 aromatic carbocycles. The monoisotopic (exact) mass is 362 g/mol. The van der Waals surface area contributed by atoms with Crippen molar-refractivity contribution in [2.45, 2.75) is 26.7 Å². The Morgan fingerprint density at radius 1 is 1.11 bits per heavy atom. The van der Waals surface area contributed by atoms with Gasteiger partial charge in [-0.05, 0) is 30.5 Å². The Morgan fingerprint density at radius 2 is 2.00 bits per heavy atom. The number of nitrogens with zero attached hydrogens (tertiary/aromatic N) is 7. The van der Waals surface area contributed by atoms with E-state index in [-0.39, 0.29) is 0 Å². The number of nitrogens with one attached hydrogen (secondary N) is 1. The van der Waals surface area contributed by atoms with E-state index in [1.165, 1.54) is 0 Å². The summed E-state index contributed by atoms with van der Waals surface area (Å²) in [6.07, 6.45) is 7.49. The third-order valence-electron chi connectivity index (χ3n) is 4.44. The van der Waals surface area contributed by atoms with E-state index in [4.69, 9.17) is 0 Å². The summed E-state index contributed by atoms with van der Waals surface area (Å²) < 4.78 is 3.78. The molecule has 4 rings (SSSR count). The molecule has 4 aromatic heterocycles. The molecular weight excluding hydrogens is 340 g/mol. The molecule has 0 saturated carbocycles. The molecule has 0 saturated heterocycles. The van der Waals surface area contributed by atoms with Crippen LogP contribution in [0.2, 0.25) is 0 Å². The second-order valence-electron chi connectivity index (χ2n) is 6.92. The van der Waals surface area contributed by atoms with E-state index in [1.54, 1.807) is 17.1 Å². The third-order valence-corrected chi connectivity index (χ3v) is 4.44. The zero-order chi connectivity index (χ0) is 18.8. The van der Waals surface area contributed by atoms with Crippen molar-refractivity contribution in [1.29, 1.82) is 0 Å². The Bertz CT molecular complexity index is 1060. The molecule has 4 aromatic rings. The van der Waals surface area contributed by atoms with E-state index in [2.05, 4.69) is 44.4 Å². The first-order valence-corrected chi connectivity index (χ1v) is 9.02. The number of pyridine rings is 1. The van der Waals surface area contributed by atoms with Crippen molar-refractivity contribution in [3.05, 3.63) is 48.7 Å². The SMILES string of the molecule is CC(C)CCc1nnc2cc(-c3ccnc(Nc4ccnn4C)n3)ccn12. The van der Waals surface area contributed by atoms with Crippen molar-refractivity contribution in [3.8, 4) is 11.3 Å². The summed E-state index contributed by atoms with van der Waals surface area (Å²) in [7, 11) is 1.86. The van der Waals surface area contributed by atoms with E-state index in [9.17, 15) is 0 Å². The lowest BCUT2D eigenvalue weighted by atomic mass is 10.1. The molecule has 0 fully saturated rings. The minimum absolute atomic E-state index is 0.523. The van der Waals surface area contributed by atoms with Gasteiger partial charge >= 0.3 is 0 Å². The van der Waals surface area contributed by atoms with Crippen LogP contribution in [0.5, 0.6) is 0 Å². The van der Waals surface area contributed by atoms with Crippen molar-refractivity contribution < 1.29 is 0 Å². The highest BCUT2D eigenvalue weighted by Crippen LogP contribution is 2.21. The lowest BCUT2D eigenvalue weighted by molar-refractivity contribution is 0.572. The standard InChI is InChI=1S/C19H22N8/c1-13(2)4-5-17-24-25-18-12-14(8-11-27(17)18)15-6-9-20-19(22-15)23-16-7-10-21-26(16)3/h6-13H,4-5H2,1-3H3,(H,20,22,23). The van der Waals surface area contributed by atoms with Gasteiger partial charge in [0.05, 0.1) is 11.9 Å². The predicted octanol–water partition coefficient (Wildman–Crippen LogP) is 3.25. The number of aryl methyl sites for hydroxylation is 2. The molecule has 0 aliphatic carbocycles. The fourth-order valence-electron chi connectivity index (χ4n) is 2.88. The number of hydrogen-bond acceptors (Lipinski definition) is 6. The van der Waals surface area contributed by atoms with Crippen LogP contribution in [0.25, 0.3) is 16.9 Å². The van der Waals surface area contributed by atoms with Crippen LogP contribution in [0.3, 0.4) is 0 Å². The lowest BCUT2D eigenvalue weighted by Gasteiger charge is -2.07. The third kappa shape index (κ3) is 3.64. The first kappa shape index (κ1) is 17.1. The summed E-state index contributed by atoms with van der Waals surface area (Å²) in [6.45, 7) is 4.43. The van der Waals surface area contributed by atoms with Gasteiger partial charge in [-0.25, -0.2) is 9.97 Å². The second-order valence-corrected chi connectivity index (χ2v) is 6.92. The molecule has 138 valence electrons. The largest absolute Gasteiger partial charge is 0.309 e. The minimum Gasteiger partial charge on any atom is -0.309 e. The van der Waals surface area contributed by atoms with E-state index in [0.717, 1.165) is 41.4 Å². The average Bonchev–Trinajstić information content (AvgIpc) is 3.26. The van der Waals surface area contributed by atoms with Crippen LogP contribution in [0, 0.1) is 5.92 Å². The average molecular weight is 362 g/mol. The Hall–Kier alpha value is -3.29. The molecule has 4 heterocycles. The topological polar surface area (TPSA) is 85.8 Å². The van der Waals surface area contributed by atoms with Gasteiger partial charge in [-0.2, -0.15) is 5.10 Å². The van der Waals surface area contributed by atoms with E-state index < -0.39 is 0 Å². The van der Waals surface area contributed by atoms with Crippen LogP contribution in [-0.4, -0.2) is 34.3 Å². The highest BCUT2D eigenvalue weighted by molar-refractivity contribution is 5.65. The molecule has 0 unspecified atom stereocenters. The highest BCUT2D eigenvalue weighted by atomic mass is 15.3. The Kier molecular flexibility index (Phi) is 4.53. The Balaban J connectivity index is 1.60. The normalized spacial score (nSPS) is 11.4. The van der Waals surface area contributed by atoms with Crippen molar-refractivity contribution in [2.75, 3.05) is 5.32 Å². The van der Waals surface area contributed by atoms with Gasteiger partial charge in [0.25, 0.3) is 0 Å². The van der Waals surface area contributed by atoms with Crippen LogP contribution in [0.15, 0.2) is 42.9 Å². The second kappa shape index (κ2) is 7.14. The summed E-state index contributed by atoms with van der Waals surface area (Å²) >= 11 is 0. The first-order chi connectivity index (χ1) is 13.1. The molecule has 0 aliphatic heterocycles. The lowest BCUT2D eigenvalue weighted by Crippen LogP contribution is -2.03. The van der Waals surface area contributed by atoms with Gasteiger partial charge in [-0.3, -0.25) is 9.08 Å². The Morgan fingerprint density at radius 3 is 2.78 bits per heavy atom. The zero-order valence-electron chi connectivity index (χ0n) is 15.7. The van der Waals surface area contributed by atoms with Crippen LogP contribution in [0.1, 0.15) is 26.1 Å². The van der Waals surface area contributed by atoms with Gasteiger partial charge in [0.15, 0.2) is 5.65 Å². The fourth-order valence-corrected chi connectivity index (χ4v) is 2.88. The van der Waals surface area contributed by atoms with Crippen molar-refractivity contribution in [2.24, 2.45) is 13.0 Å². The van der Waals surface area contributed by atoms with Crippen molar-refractivity contribution in [1.82, 2.24) is 34.3 Å². The number of hydrogen-bond donors (Lipinski definition) is 1. The summed E-state index contributed by atoms with van der Waals surface area (Å²) in [5, 5.41) is 16.0. The molecular formula is C19H22N8. The van der Waals surface area contributed by atoms with Gasteiger partial charge in [-0.1, -0.05) is 13.8 Å². The van der Waals surface area contributed by atoms with Crippen LogP contribution in [-0.2, 0) is 13.5 Å². The number of aromatic nitrogens is 7. The summed E-state index contributed by atoms with van der Waals surface area (Å²) in [5.74, 6) is 2.99.